The van der Waals surface area contributed by atoms with E-state index in [0.29, 0.717) is 53.4 Å². The first-order valence-electron chi connectivity index (χ1n) is 12.5. The van der Waals surface area contributed by atoms with Crippen molar-refractivity contribution in [2.24, 2.45) is 0 Å². The first-order valence-corrected chi connectivity index (χ1v) is 12.5. The Labute approximate surface area is 216 Å². The van der Waals surface area contributed by atoms with Crippen molar-refractivity contribution in [1.82, 2.24) is 14.5 Å². The number of nitrogens with one attached hydrogen (secondary N) is 1. The van der Waals surface area contributed by atoms with Gasteiger partial charge in [0.25, 0.3) is 5.56 Å². The Morgan fingerprint density at radius 1 is 1.00 bits per heavy atom. The Morgan fingerprint density at radius 2 is 1.70 bits per heavy atom. The number of benzene rings is 3. The summed E-state index contributed by atoms with van der Waals surface area (Å²) in [5.41, 5.74) is 1.58. The average molecular weight is 501 g/mol. The SMILES string of the molecule is CCOc1ccc(NC(=O)N(CC)C(CC)c2nc3ccccc3c(=O)n2-c2ccccc2OC)cc1. The van der Waals surface area contributed by atoms with Crippen LogP contribution in [0.1, 0.15) is 39.1 Å². The van der Waals surface area contributed by atoms with E-state index in [9.17, 15) is 9.59 Å². The maximum atomic E-state index is 13.8. The number of ether oxygens (including phenoxy) is 2. The summed E-state index contributed by atoms with van der Waals surface area (Å²) in [6.07, 6.45) is 0.546. The Kier molecular flexibility index (Phi) is 8.08. The van der Waals surface area contributed by atoms with Gasteiger partial charge in [-0.3, -0.25) is 9.36 Å². The summed E-state index contributed by atoms with van der Waals surface area (Å²) in [7, 11) is 1.57. The standard InChI is InChI=1S/C29H32N4O4/c1-5-24(32(6-2)29(35)30-20-16-18-21(19-17-20)37-7-3)27-31-23-13-9-8-12-22(23)28(34)33(27)25-14-10-11-15-26(25)36-4/h8-19,24H,5-7H2,1-4H3,(H,30,35). The molecular formula is C29H32N4O4. The number of amides is 2. The van der Waals surface area contributed by atoms with Gasteiger partial charge in [-0.1, -0.05) is 31.2 Å². The molecule has 2 amide bonds. The number of carbonyl (C=O) groups is 1. The van der Waals surface area contributed by atoms with E-state index in [0.717, 1.165) is 5.75 Å². The lowest BCUT2D eigenvalue weighted by Gasteiger charge is -2.31. The maximum absolute atomic E-state index is 13.8. The van der Waals surface area contributed by atoms with E-state index in [2.05, 4.69) is 5.32 Å². The zero-order valence-corrected chi connectivity index (χ0v) is 21.6. The van der Waals surface area contributed by atoms with Crippen LogP contribution >= 0.6 is 0 Å². The Hall–Kier alpha value is -4.33. The zero-order chi connectivity index (χ0) is 26.4. The molecule has 0 fully saturated rings. The van der Waals surface area contributed by atoms with Gasteiger partial charge in [0, 0.05) is 12.2 Å². The van der Waals surface area contributed by atoms with Crippen molar-refractivity contribution in [2.75, 3.05) is 25.6 Å². The van der Waals surface area contributed by atoms with Crippen molar-refractivity contribution in [2.45, 2.75) is 33.2 Å². The normalized spacial score (nSPS) is 11.7. The number of nitrogens with zero attached hydrogens (tertiary/aromatic N) is 3. The Balaban J connectivity index is 1.81. The molecule has 0 spiro atoms. The number of aromatic nitrogens is 2. The molecule has 1 atom stereocenters. The number of urea groups is 1. The highest BCUT2D eigenvalue weighted by atomic mass is 16.5. The average Bonchev–Trinajstić information content (AvgIpc) is 2.93. The van der Waals surface area contributed by atoms with E-state index in [1.54, 1.807) is 40.8 Å². The molecule has 0 aliphatic heterocycles. The molecule has 1 N–H and O–H groups in total. The second kappa shape index (κ2) is 11.6. The van der Waals surface area contributed by atoms with Crippen LogP contribution in [0.5, 0.6) is 11.5 Å². The topological polar surface area (TPSA) is 85.7 Å². The summed E-state index contributed by atoms with van der Waals surface area (Å²) in [5, 5.41) is 3.47. The number of anilines is 1. The molecule has 0 saturated carbocycles. The van der Waals surface area contributed by atoms with Crippen molar-refractivity contribution in [3.63, 3.8) is 0 Å². The lowest BCUT2D eigenvalue weighted by molar-refractivity contribution is 0.185. The number of carbonyl (C=O) groups excluding carboxylic acids is 1. The van der Waals surface area contributed by atoms with Crippen LogP contribution in [-0.2, 0) is 0 Å². The lowest BCUT2D eigenvalue weighted by atomic mass is 10.1. The third kappa shape index (κ3) is 5.28. The van der Waals surface area contributed by atoms with Crippen LogP contribution in [0.3, 0.4) is 0 Å². The van der Waals surface area contributed by atoms with Gasteiger partial charge in [-0.2, -0.15) is 0 Å². The molecule has 37 heavy (non-hydrogen) atoms. The number of hydrogen-bond acceptors (Lipinski definition) is 5. The highest BCUT2D eigenvalue weighted by Crippen LogP contribution is 2.30. The van der Waals surface area contributed by atoms with Crippen LogP contribution in [0.15, 0.2) is 77.6 Å². The molecular weight excluding hydrogens is 468 g/mol. The van der Waals surface area contributed by atoms with Crippen molar-refractivity contribution < 1.29 is 14.3 Å². The number of rotatable bonds is 9. The van der Waals surface area contributed by atoms with E-state index < -0.39 is 6.04 Å². The fraction of sp³-hybridized carbons (Fsp3) is 0.276. The van der Waals surface area contributed by atoms with Crippen LogP contribution in [0.2, 0.25) is 0 Å². The van der Waals surface area contributed by atoms with Crippen LogP contribution in [0.4, 0.5) is 10.5 Å². The molecule has 8 nitrogen and oxygen atoms in total. The fourth-order valence-electron chi connectivity index (χ4n) is 4.47. The lowest BCUT2D eigenvalue weighted by Crippen LogP contribution is -2.40. The molecule has 1 unspecified atom stereocenters. The minimum Gasteiger partial charge on any atom is -0.495 e. The second-order valence-corrected chi connectivity index (χ2v) is 8.40. The third-order valence-corrected chi connectivity index (χ3v) is 6.21. The van der Waals surface area contributed by atoms with Gasteiger partial charge >= 0.3 is 6.03 Å². The van der Waals surface area contributed by atoms with E-state index in [4.69, 9.17) is 14.5 Å². The van der Waals surface area contributed by atoms with E-state index >= 15 is 0 Å². The summed E-state index contributed by atoms with van der Waals surface area (Å²) >= 11 is 0. The zero-order valence-electron chi connectivity index (χ0n) is 21.6. The van der Waals surface area contributed by atoms with Crippen LogP contribution in [0.25, 0.3) is 16.6 Å². The van der Waals surface area contributed by atoms with E-state index in [-0.39, 0.29) is 11.6 Å². The van der Waals surface area contributed by atoms with Gasteiger partial charge < -0.3 is 19.7 Å². The number of methoxy groups -OCH3 is 1. The quantitative estimate of drug-likeness (QED) is 0.314. The number of hydrogen-bond donors (Lipinski definition) is 1. The van der Waals surface area contributed by atoms with Gasteiger partial charge in [0.05, 0.1) is 36.3 Å². The third-order valence-electron chi connectivity index (χ3n) is 6.21. The molecule has 4 rings (SSSR count). The minimum atomic E-state index is -0.477. The van der Waals surface area contributed by atoms with Gasteiger partial charge in [-0.25, -0.2) is 9.78 Å². The van der Waals surface area contributed by atoms with Crippen LogP contribution in [-0.4, -0.2) is 40.7 Å². The predicted molar refractivity (Wildman–Crippen MR) is 146 cm³/mol. The van der Waals surface area contributed by atoms with Gasteiger partial charge in [-0.05, 0) is 68.8 Å². The van der Waals surface area contributed by atoms with Gasteiger partial charge in [0.1, 0.15) is 17.3 Å². The summed E-state index contributed by atoms with van der Waals surface area (Å²) in [4.78, 5) is 33.9. The smallest absolute Gasteiger partial charge is 0.322 e. The van der Waals surface area contributed by atoms with E-state index in [1.165, 1.54) is 0 Å². The molecule has 0 aliphatic rings. The summed E-state index contributed by atoms with van der Waals surface area (Å²) in [5.74, 6) is 1.75. The van der Waals surface area contributed by atoms with Gasteiger partial charge in [-0.15, -0.1) is 0 Å². The molecule has 1 heterocycles. The second-order valence-electron chi connectivity index (χ2n) is 8.40. The van der Waals surface area contributed by atoms with Crippen molar-refractivity contribution in [3.8, 4) is 17.2 Å². The maximum Gasteiger partial charge on any atom is 0.322 e. The molecule has 192 valence electrons. The minimum absolute atomic E-state index is 0.216. The van der Waals surface area contributed by atoms with Crippen molar-refractivity contribution in [3.05, 3.63) is 89.0 Å². The molecule has 0 bridgehead atoms. The molecule has 0 radical (unpaired) electrons. The largest absolute Gasteiger partial charge is 0.495 e. The number of fused-ring (bicyclic) bond motifs is 1. The molecule has 0 saturated heterocycles. The summed E-state index contributed by atoms with van der Waals surface area (Å²) < 4.78 is 12.7. The van der Waals surface area contributed by atoms with Crippen molar-refractivity contribution >= 4 is 22.6 Å². The fourth-order valence-corrected chi connectivity index (χ4v) is 4.47. The van der Waals surface area contributed by atoms with Crippen molar-refractivity contribution in [1.29, 1.82) is 0 Å². The highest BCUT2D eigenvalue weighted by molar-refractivity contribution is 5.89. The highest BCUT2D eigenvalue weighted by Gasteiger charge is 2.29. The Morgan fingerprint density at radius 3 is 2.38 bits per heavy atom. The van der Waals surface area contributed by atoms with Crippen LogP contribution in [0, 0.1) is 0 Å². The molecule has 1 aromatic heterocycles. The van der Waals surface area contributed by atoms with Crippen LogP contribution < -0.4 is 20.3 Å². The molecule has 3 aromatic carbocycles. The molecule has 8 heteroatoms. The summed E-state index contributed by atoms with van der Waals surface area (Å²) in [6.45, 7) is 6.79. The van der Waals surface area contributed by atoms with Gasteiger partial charge in [0.15, 0.2) is 0 Å². The summed E-state index contributed by atoms with van der Waals surface area (Å²) in [6, 6.07) is 21.0. The molecule has 0 aliphatic carbocycles. The first-order chi connectivity index (χ1) is 18.0. The molecule has 4 aromatic rings. The monoisotopic (exact) mass is 500 g/mol. The predicted octanol–water partition coefficient (Wildman–Crippen LogP) is 5.80. The first kappa shape index (κ1) is 25.8. The number of para-hydroxylation sites is 3. The van der Waals surface area contributed by atoms with E-state index in [1.807, 2.05) is 69.3 Å². The van der Waals surface area contributed by atoms with Gasteiger partial charge in [0.2, 0.25) is 0 Å². The Bertz CT molecular complexity index is 1430.